The summed E-state index contributed by atoms with van der Waals surface area (Å²) in [6.07, 6.45) is 4.17. The molecule has 0 aromatic carbocycles. The molecule has 1 rings (SSSR count). The van der Waals surface area contributed by atoms with Gasteiger partial charge in [0.15, 0.2) is 0 Å². The molecule has 0 aromatic heterocycles. The average Bonchev–Trinajstić information content (AvgIpc) is 2.29. The lowest BCUT2D eigenvalue weighted by molar-refractivity contribution is 0.656. The van der Waals surface area contributed by atoms with E-state index in [4.69, 9.17) is 0 Å². The molecule has 0 saturated carbocycles. The van der Waals surface area contributed by atoms with E-state index >= 15 is 0 Å². The van der Waals surface area contributed by atoms with E-state index in [0.29, 0.717) is 5.57 Å². The minimum absolute atomic E-state index is 0.0220. The summed E-state index contributed by atoms with van der Waals surface area (Å²) >= 11 is 0. The molecule has 0 fully saturated rings. The average molecular weight is 229 g/mol. The lowest BCUT2D eigenvalue weighted by atomic mass is 9.88. The van der Waals surface area contributed by atoms with Gasteiger partial charge in [0.25, 0.3) is 0 Å². The monoisotopic (exact) mass is 229 g/mol. The van der Waals surface area contributed by atoms with Crippen molar-refractivity contribution in [3.05, 3.63) is 22.4 Å². The van der Waals surface area contributed by atoms with E-state index in [2.05, 4.69) is 24.4 Å². The maximum atomic E-state index is 9.21. The van der Waals surface area contributed by atoms with Crippen LogP contribution in [0, 0.1) is 22.7 Å². The number of nitrogens with one attached hydrogen (secondary N) is 1. The largest absolute Gasteiger partial charge is 0.380 e. The number of unbranched alkanes of at least 4 members (excludes halogenated alkanes) is 2. The molecule has 0 radical (unpaired) electrons. The Morgan fingerprint density at radius 2 is 1.94 bits per heavy atom. The van der Waals surface area contributed by atoms with E-state index in [1.54, 1.807) is 0 Å². The molecule has 3 heteroatoms. The van der Waals surface area contributed by atoms with Crippen LogP contribution in [0.25, 0.3) is 0 Å². The van der Waals surface area contributed by atoms with Crippen LogP contribution in [-0.2, 0) is 0 Å². The molecule has 0 aromatic rings. The second kappa shape index (κ2) is 6.11. The van der Waals surface area contributed by atoms with Crippen molar-refractivity contribution in [3.63, 3.8) is 0 Å². The number of hydrogen-bond acceptors (Lipinski definition) is 3. The lowest BCUT2D eigenvalue weighted by Crippen LogP contribution is -2.31. The molecule has 1 aliphatic rings. The van der Waals surface area contributed by atoms with Crippen LogP contribution < -0.4 is 5.32 Å². The summed E-state index contributed by atoms with van der Waals surface area (Å²) in [5.41, 5.74) is 3.23. The summed E-state index contributed by atoms with van der Waals surface area (Å²) in [4.78, 5) is 0. The van der Waals surface area contributed by atoms with Gasteiger partial charge in [-0.15, -0.1) is 0 Å². The van der Waals surface area contributed by atoms with Crippen molar-refractivity contribution in [2.24, 2.45) is 0 Å². The molecule has 0 bridgehead atoms. The molecule has 0 saturated heterocycles. The molecule has 1 atom stereocenters. The van der Waals surface area contributed by atoms with E-state index in [-0.39, 0.29) is 6.04 Å². The van der Waals surface area contributed by atoms with Gasteiger partial charge in [-0.3, -0.25) is 0 Å². The topological polar surface area (TPSA) is 59.6 Å². The predicted octanol–water partition coefficient (Wildman–Crippen LogP) is 3.18. The van der Waals surface area contributed by atoms with Gasteiger partial charge in [-0.1, -0.05) is 19.8 Å². The normalized spacial score (nSPS) is 19.7. The first-order valence-corrected chi connectivity index (χ1v) is 6.16. The number of hydrogen-bond donors (Lipinski definition) is 1. The van der Waals surface area contributed by atoms with Gasteiger partial charge in [-0.25, -0.2) is 0 Å². The van der Waals surface area contributed by atoms with E-state index < -0.39 is 0 Å². The fourth-order valence-corrected chi connectivity index (χ4v) is 2.22. The zero-order chi connectivity index (χ0) is 12.8. The molecular weight excluding hydrogens is 210 g/mol. The summed E-state index contributed by atoms with van der Waals surface area (Å²) in [7, 11) is 0. The Morgan fingerprint density at radius 3 is 2.47 bits per heavy atom. The van der Waals surface area contributed by atoms with Crippen LogP contribution in [0.15, 0.2) is 22.4 Å². The van der Waals surface area contributed by atoms with Crippen molar-refractivity contribution in [3.8, 4) is 12.1 Å². The maximum absolute atomic E-state index is 9.21. The highest BCUT2D eigenvalue weighted by molar-refractivity contribution is 5.54. The third kappa shape index (κ3) is 2.88. The molecule has 0 aliphatic carbocycles. The smallest absolute Gasteiger partial charge is 0.101 e. The van der Waals surface area contributed by atoms with Gasteiger partial charge in [0, 0.05) is 5.70 Å². The van der Waals surface area contributed by atoms with Crippen molar-refractivity contribution in [1.82, 2.24) is 5.32 Å². The minimum Gasteiger partial charge on any atom is -0.380 e. The van der Waals surface area contributed by atoms with Crippen LogP contribution in [-0.4, -0.2) is 6.04 Å². The van der Waals surface area contributed by atoms with Crippen molar-refractivity contribution >= 4 is 0 Å². The Kier molecular flexibility index (Phi) is 4.79. The van der Waals surface area contributed by atoms with Gasteiger partial charge >= 0.3 is 0 Å². The van der Waals surface area contributed by atoms with Crippen molar-refractivity contribution in [2.75, 3.05) is 0 Å². The van der Waals surface area contributed by atoms with Gasteiger partial charge < -0.3 is 5.32 Å². The predicted molar refractivity (Wildman–Crippen MR) is 67.7 cm³/mol. The molecule has 3 nitrogen and oxygen atoms in total. The van der Waals surface area contributed by atoms with Gasteiger partial charge in [-0.2, -0.15) is 10.5 Å². The van der Waals surface area contributed by atoms with Crippen LogP contribution in [0.2, 0.25) is 0 Å². The second-order valence-corrected chi connectivity index (χ2v) is 4.44. The Bertz CT molecular complexity index is 429. The fourth-order valence-electron chi connectivity index (χ4n) is 2.22. The summed E-state index contributed by atoms with van der Waals surface area (Å²) < 4.78 is 0. The highest BCUT2D eigenvalue weighted by Gasteiger charge is 2.23. The standard InChI is InChI=1S/C14H19N3/c1-4-5-6-7-12-13(8-15)10(2)17-11(3)14(12)9-16/h10,17H,4-7H2,1-3H3. The van der Waals surface area contributed by atoms with Crippen molar-refractivity contribution in [1.29, 1.82) is 10.5 Å². The van der Waals surface area contributed by atoms with Crippen molar-refractivity contribution < 1.29 is 0 Å². The maximum Gasteiger partial charge on any atom is 0.101 e. The third-order valence-electron chi connectivity index (χ3n) is 3.13. The second-order valence-electron chi connectivity index (χ2n) is 4.44. The SMILES string of the molecule is CCCCCC1=C(C#N)C(C)NC(C)=C1C#N. The fraction of sp³-hybridized carbons (Fsp3) is 0.571. The van der Waals surface area contributed by atoms with E-state index in [0.717, 1.165) is 42.5 Å². The first kappa shape index (κ1) is 13.3. The van der Waals surface area contributed by atoms with Crippen LogP contribution in [0.4, 0.5) is 0 Å². The summed E-state index contributed by atoms with van der Waals surface area (Å²) in [5, 5.41) is 21.6. The van der Waals surface area contributed by atoms with Gasteiger partial charge in [-0.05, 0) is 32.3 Å². The molecule has 1 heterocycles. The highest BCUT2D eigenvalue weighted by atomic mass is 14.9. The molecule has 0 spiro atoms. The third-order valence-corrected chi connectivity index (χ3v) is 3.13. The van der Waals surface area contributed by atoms with E-state index in [1.165, 1.54) is 0 Å². The number of dihydropyridines is 1. The molecule has 17 heavy (non-hydrogen) atoms. The van der Waals surface area contributed by atoms with Crippen molar-refractivity contribution in [2.45, 2.75) is 52.5 Å². The summed E-state index contributed by atoms with van der Waals surface area (Å²) in [6, 6.07) is 4.49. The summed E-state index contributed by atoms with van der Waals surface area (Å²) in [6.45, 7) is 6.02. The Balaban J connectivity index is 3.05. The number of nitriles is 2. The van der Waals surface area contributed by atoms with Crippen LogP contribution >= 0.6 is 0 Å². The molecule has 0 amide bonds. The van der Waals surface area contributed by atoms with Crippen LogP contribution in [0.5, 0.6) is 0 Å². The number of rotatable bonds is 4. The molecule has 90 valence electrons. The number of allylic oxidation sites excluding steroid dienone is 3. The van der Waals surface area contributed by atoms with Gasteiger partial charge in [0.2, 0.25) is 0 Å². The lowest BCUT2D eigenvalue weighted by Gasteiger charge is -2.25. The van der Waals surface area contributed by atoms with Crippen LogP contribution in [0.3, 0.4) is 0 Å². The number of nitrogens with zero attached hydrogens (tertiary/aromatic N) is 2. The first-order chi connectivity index (χ1) is 8.15. The van der Waals surface area contributed by atoms with E-state index in [1.807, 2.05) is 13.8 Å². The molecule has 1 N–H and O–H groups in total. The first-order valence-electron chi connectivity index (χ1n) is 6.16. The summed E-state index contributed by atoms with van der Waals surface area (Å²) in [5.74, 6) is 0. The zero-order valence-electron chi connectivity index (χ0n) is 10.8. The zero-order valence-corrected chi connectivity index (χ0v) is 10.8. The molecular formula is C14H19N3. The van der Waals surface area contributed by atoms with Gasteiger partial charge in [0.1, 0.15) is 6.07 Å². The molecule has 1 aliphatic heterocycles. The minimum atomic E-state index is 0.0220. The molecule has 1 unspecified atom stereocenters. The van der Waals surface area contributed by atoms with Gasteiger partial charge in [0.05, 0.1) is 23.3 Å². The highest BCUT2D eigenvalue weighted by Crippen LogP contribution is 2.28. The Hall–Kier alpha value is -1.74. The Morgan fingerprint density at radius 1 is 1.24 bits per heavy atom. The van der Waals surface area contributed by atoms with E-state index in [9.17, 15) is 10.5 Å². The quantitative estimate of drug-likeness (QED) is 0.753. The van der Waals surface area contributed by atoms with Crippen LogP contribution in [0.1, 0.15) is 46.5 Å². The Labute approximate surface area is 103 Å².